The first kappa shape index (κ1) is 15.1. The normalized spacial score (nSPS) is 13.7. The van der Waals surface area contributed by atoms with Crippen LogP contribution in [0.3, 0.4) is 0 Å². The zero-order chi connectivity index (χ0) is 12.8. The molecule has 0 saturated heterocycles. The number of amidine groups is 1. The highest BCUT2D eigenvalue weighted by atomic mass is 32.2. The molecule has 0 spiro atoms. The lowest BCUT2D eigenvalue weighted by Crippen LogP contribution is -2.44. The van der Waals surface area contributed by atoms with Crippen molar-refractivity contribution in [1.82, 2.24) is 9.03 Å². The van der Waals surface area contributed by atoms with Gasteiger partial charge >= 0.3 is 0 Å². The molecule has 0 rings (SSSR count). The summed E-state index contributed by atoms with van der Waals surface area (Å²) < 4.78 is 27.2. The van der Waals surface area contributed by atoms with Crippen LogP contribution in [0.5, 0.6) is 0 Å². The van der Waals surface area contributed by atoms with Gasteiger partial charge in [-0.1, -0.05) is 12.1 Å². The largest absolute Gasteiger partial charge is 0.409 e. The average molecular weight is 252 g/mol. The molecule has 0 heterocycles. The molecule has 0 bridgehead atoms. The van der Waals surface area contributed by atoms with E-state index in [1.807, 2.05) is 0 Å². The van der Waals surface area contributed by atoms with Crippen LogP contribution >= 0.6 is 0 Å². The van der Waals surface area contributed by atoms with Crippen molar-refractivity contribution >= 4 is 16.0 Å². The summed E-state index contributed by atoms with van der Waals surface area (Å²) in [6, 6.07) is -0.164. The Bertz CT molecular complexity index is 326. The van der Waals surface area contributed by atoms with Gasteiger partial charge in [0.05, 0.1) is 0 Å². The first-order valence-electron chi connectivity index (χ1n) is 5.07. The van der Waals surface area contributed by atoms with Crippen molar-refractivity contribution in [3.8, 4) is 0 Å². The van der Waals surface area contributed by atoms with Crippen LogP contribution in [0.4, 0.5) is 0 Å². The molecule has 0 amide bonds. The monoisotopic (exact) mass is 252 g/mol. The van der Waals surface area contributed by atoms with Gasteiger partial charge in [-0.2, -0.15) is 17.4 Å². The van der Waals surface area contributed by atoms with E-state index in [-0.39, 0.29) is 24.8 Å². The lowest BCUT2D eigenvalue weighted by Gasteiger charge is -2.21. The van der Waals surface area contributed by atoms with Gasteiger partial charge in [-0.3, -0.25) is 0 Å². The topological polar surface area (TPSA) is 108 Å². The second-order valence-electron chi connectivity index (χ2n) is 3.61. The number of oxime groups is 1. The number of hydrogen-bond donors (Lipinski definition) is 3. The third-order valence-corrected chi connectivity index (χ3v) is 3.71. The fraction of sp³-hybridized carbons (Fsp3) is 0.875. The van der Waals surface area contributed by atoms with E-state index in [4.69, 9.17) is 10.9 Å². The van der Waals surface area contributed by atoms with Gasteiger partial charge in [0.15, 0.2) is 0 Å². The molecule has 16 heavy (non-hydrogen) atoms. The van der Waals surface area contributed by atoms with Crippen LogP contribution in [0, 0.1) is 0 Å². The molecule has 0 aromatic rings. The van der Waals surface area contributed by atoms with E-state index in [9.17, 15) is 8.42 Å². The molecule has 0 unspecified atom stereocenters. The van der Waals surface area contributed by atoms with E-state index < -0.39 is 10.2 Å². The molecule has 0 aromatic carbocycles. The third kappa shape index (κ3) is 5.29. The minimum Gasteiger partial charge on any atom is -0.409 e. The highest BCUT2D eigenvalue weighted by molar-refractivity contribution is 7.87. The highest BCUT2D eigenvalue weighted by Gasteiger charge is 2.20. The molecular formula is C8H20N4O3S. The van der Waals surface area contributed by atoms with Gasteiger partial charge in [0, 0.05) is 25.6 Å². The molecule has 0 aliphatic carbocycles. The molecule has 0 aromatic heterocycles. The summed E-state index contributed by atoms with van der Waals surface area (Å²) in [5.74, 6) is 0.0122. The van der Waals surface area contributed by atoms with Crippen LogP contribution in [0.15, 0.2) is 5.16 Å². The van der Waals surface area contributed by atoms with E-state index in [1.54, 1.807) is 20.8 Å². The molecular weight excluding hydrogens is 232 g/mol. The Balaban J connectivity index is 4.49. The summed E-state index contributed by atoms with van der Waals surface area (Å²) in [5, 5.41) is 11.1. The molecule has 0 aliphatic rings. The summed E-state index contributed by atoms with van der Waals surface area (Å²) in [6.07, 6.45) is 0.198. The Morgan fingerprint density at radius 2 is 2.12 bits per heavy atom. The molecule has 96 valence electrons. The number of nitrogens with one attached hydrogen (secondary N) is 1. The fourth-order valence-electron chi connectivity index (χ4n) is 1.11. The molecule has 0 aliphatic heterocycles. The molecule has 0 atom stereocenters. The van der Waals surface area contributed by atoms with E-state index >= 15 is 0 Å². The molecule has 7 nitrogen and oxygen atoms in total. The summed E-state index contributed by atoms with van der Waals surface area (Å²) >= 11 is 0. The van der Waals surface area contributed by atoms with E-state index in [0.717, 1.165) is 0 Å². The van der Waals surface area contributed by atoms with Crippen molar-refractivity contribution in [3.63, 3.8) is 0 Å². The molecule has 4 N–H and O–H groups in total. The van der Waals surface area contributed by atoms with Crippen LogP contribution in [0.2, 0.25) is 0 Å². The Morgan fingerprint density at radius 3 is 2.50 bits per heavy atom. The standard InChI is InChI=1S/C8H20N4O3S/c1-4-12(6-5-8(9)10-13)16(14,15)11-7(2)3/h7,11,13H,4-6H2,1-3H3,(H2,9,10). The fourth-order valence-corrected chi connectivity index (χ4v) is 2.53. The number of nitrogens with zero attached hydrogens (tertiary/aromatic N) is 2. The number of nitrogens with two attached hydrogens (primary N) is 1. The minimum atomic E-state index is -3.48. The van der Waals surface area contributed by atoms with Gasteiger partial charge in [0.1, 0.15) is 5.84 Å². The van der Waals surface area contributed by atoms with Crippen molar-refractivity contribution in [2.24, 2.45) is 10.9 Å². The van der Waals surface area contributed by atoms with E-state index in [1.165, 1.54) is 4.31 Å². The quantitative estimate of drug-likeness (QED) is 0.250. The maximum Gasteiger partial charge on any atom is 0.279 e. The lowest BCUT2D eigenvalue weighted by molar-refractivity contribution is 0.315. The zero-order valence-electron chi connectivity index (χ0n) is 9.84. The van der Waals surface area contributed by atoms with E-state index in [0.29, 0.717) is 6.54 Å². The first-order chi connectivity index (χ1) is 7.33. The zero-order valence-corrected chi connectivity index (χ0v) is 10.7. The molecule has 8 heteroatoms. The van der Waals surface area contributed by atoms with Crippen LogP contribution in [-0.2, 0) is 10.2 Å². The maximum absolute atomic E-state index is 11.7. The van der Waals surface area contributed by atoms with Crippen LogP contribution in [0.25, 0.3) is 0 Å². The SMILES string of the molecule is CCN(CCC(N)=NO)S(=O)(=O)NC(C)C. The summed E-state index contributed by atoms with van der Waals surface area (Å²) in [4.78, 5) is 0. The van der Waals surface area contributed by atoms with Gasteiger partial charge in [-0.25, -0.2) is 0 Å². The van der Waals surface area contributed by atoms with Crippen molar-refractivity contribution < 1.29 is 13.6 Å². The first-order valence-corrected chi connectivity index (χ1v) is 6.51. The molecule has 0 radical (unpaired) electrons. The van der Waals surface area contributed by atoms with Gasteiger partial charge in [0.25, 0.3) is 10.2 Å². The number of rotatable bonds is 7. The van der Waals surface area contributed by atoms with Crippen molar-refractivity contribution in [2.45, 2.75) is 33.2 Å². The summed E-state index contributed by atoms with van der Waals surface area (Å²) in [7, 11) is -3.48. The van der Waals surface area contributed by atoms with Crippen molar-refractivity contribution in [3.05, 3.63) is 0 Å². The second kappa shape index (κ2) is 6.66. The highest BCUT2D eigenvalue weighted by Crippen LogP contribution is 2.00. The Kier molecular flexibility index (Phi) is 6.31. The van der Waals surface area contributed by atoms with Gasteiger partial charge in [-0.05, 0) is 13.8 Å². The predicted molar refractivity (Wildman–Crippen MR) is 62.5 cm³/mol. The van der Waals surface area contributed by atoms with Crippen LogP contribution in [-0.4, -0.2) is 42.9 Å². The molecule has 0 saturated carbocycles. The van der Waals surface area contributed by atoms with Crippen LogP contribution in [0.1, 0.15) is 27.2 Å². The van der Waals surface area contributed by atoms with Crippen molar-refractivity contribution in [2.75, 3.05) is 13.1 Å². The van der Waals surface area contributed by atoms with Gasteiger partial charge < -0.3 is 10.9 Å². The lowest BCUT2D eigenvalue weighted by atomic mass is 10.4. The Hall–Kier alpha value is -0.860. The smallest absolute Gasteiger partial charge is 0.279 e. The Labute approximate surface area is 96.5 Å². The average Bonchev–Trinajstić information content (AvgIpc) is 2.15. The van der Waals surface area contributed by atoms with Crippen molar-refractivity contribution in [1.29, 1.82) is 0 Å². The maximum atomic E-state index is 11.7. The Morgan fingerprint density at radius 1 is 1.56 bits per heavy atom. The van der Waals surface area contributed by atoms with E-state index in [2.05, 4.69) is 9.88 Å². The number of hydrogen-bond acceptors (Lipinski definition) is 4. The predicted octanol–water partition coefficient (Wildman–Crippen LogP) is -0.312. The summed E-state index contributed by atoms with van der Waals surface area (Å²) in [6.45, 7) is 5.74. The van der Waals surface area contributed by atoms with Gasteiger partial charge in [0.2, 0.25) is 0 Å². The van der Waals surface area contributed by atoms with Gasteiger partial charge in [-0.15, -0.1) is 0 Å². The minimum absolute atomic E-state index is 0.0122. The third-order valence-electron chi connectivity index (χ3n) is 1.82. The van der Waals surface area contributed by atoms with Crippen LogP contribution < -0.4 is 10.5 Å². The second-order valence-corrected chi connectivity index (χ2v) is 5.31. The molecule has 0 fully saturated rings. The summed E-state index contributed by atoms with van der Waals surface area (Å²) in [5.41, 5.74) is 5.28.